The largest absolute Gasteiger partial charge is 0.389 e. The third kappa shape index (κ3) is 4.10. The summed E-state index contributed by atoms with van der Waals surface area (Å²) < 4.78 is 0. The quantitative estimate of drug-likeness (QED) is 0.701. The van der Waals surface area contributed by atoms with E-state index in [9.17, 15) is 5.11 Å². The Labute approximate surface area is 81.7 Å². The lowest BCUT2D eigenvalue weighted by molar-refractivity contribution is 0.0745. The van der Waals surface area contributed by atoms with Crippen molar-refractivity contribution in [1.29, 1.82) is 0 Å². The van der Waals surface area contributed by atoms with Crippen LogP contribution in [0.5, 0.6) is 0 Å². The monoisotopic (exact) mass is 185 g/mol. The van der Waals surface area contributed by atoms with Crippen molar-refractivity contribution >= 4 is 0 Å². The molecular formula is C11H23NO. The first kappa shape index (κ1) is 11.0. The third-order valence-electron chi connectivity index (χ3n) is 2.96. The van der Waals surface area contributed by atoms with Crippen molar-refractivity contribution in [3.8, 4) is 0 Å². The Hall–Kier alpha value is -0.0800. The molecule has 1 aliphatic rings. The van der Waals surface area contributed by atoms with Gasteiger partial charge in [0.15, 0.2) is 0 Å². The molecule has 1 rings (SSSR count). The molecule has 0 aromatic rings. The van der Waals surface area contributed by atoms with E-state index in [4.69, 9.17) is 0 Å². The van der Waals surface area contributed by atoms with Gasteiger partial charge in [0, 0.05) is 12.6 Å². The highest BCUT2D eigenvalue weighted by atomic mass is 16.3. The van der Waals surface area contributed by atoms with Gasteiger partial charge in [-0.2, -0.15) is 0 Å². The predicted octanol–water partition coefficient (Wildman–Crippen LogP) is 1.93. The van der Waals surface area contributed by atoms with Crippen LogP contribution in [-0.4, -0.2) is 23.3 Å². The van der Waals surface area contributed by atoms with Gasteiger partial charge >= 0.3 is 0 Å². The summed E-state index contributed by atoms with van der Waals surface area (Å²) in [5, 5.41) is 13.0. The topological polar surface area (TPSA) is 32.3 Å². The minimum absolute atomic E-state index is 0.564. The van der Waals surface area contributed by atoms with Gasteiger partial charge in [-0.25, -0.2) is 0 Å². The molecule has 2 N–H and O–H groups in total. The van der Waals surface area contributed by atoms with Crippen LogP contribution in [-0.2, 0) is 0 Å². The highest BCUT2D eigenvalue weighted by molar-refractivity contribution is 4.79. The zero-order valence-corrected chi connectivity index (χ0v) is 9.14. The summed E-state index contributed by atoms with van der Waals surface area (Å²) in [6, 6.07) is 0.564. The van der Waals surface area contributed by atoms with E-state index in [-0.39, 0.29) is 0 Å². The fourth-order valence-electron chi connectivity index (χ4n) is 2.03. The number of rotatable bonds is 4. The molecule has 1 saturated carbocycles. The van der Waals surface area contributed by atoms with Crippen LogP contribution in [0.25, 0.3) is 0 Å². The van der Waals surface area contributed by atoms with Gasteiger partial charge in [0.2, 0.25) is 0 Å². The minimum atomic E-state index is -0.577. The van der Waals surface area contributed by atoms with E-state index in [1.807, 2.05) is 13.8 Å². The van der Waals surface area contributed by atoms with Crippen molar-refractivity contribution in [3.63, 3.8) is 0 Å². The van der Waals surface area contributed by atoms with Gasteiger partial charge in [0.1, 0.15) is 0 Å². The summed E-state index contributed by atoms with van der Waals surface area (Å²) in [6.07, 6.45) is 5.50. The van der Waals surface area contributed by atoms with Crippen molar-refractivity contribution in [3.05, 3.63) is 0 Å². The average Bonchev–Trinajstić information content (AvgIpc) is 2.50. The summed E-state index contributed by atoms with van der Waals surface area (Å²) in [5.41, 5.74) is -0.577. The Morgan fingerprint density at radius 3 is 2.38 bits per heavy atom. The van der Waals surface area contributed by atoms with E-state index in [0.29, 0.717) is 12.6 Å². The Morgan fingerprint density at radius 2 is 1.92 bits per heavy atom. The van der Waals surface area contributed by atoms with Crippen molar-refractivity contribution in [2.45, 2.75) is 58.1 Å². The number of aliphatic hydroxyl groups is 1. The molecule has 78 valence electrons. The Bertz CT molecular complexity index is 145. The van der Waals surface area contributed by atoms with Crippen LogP contribution in [0.3, 0.4) is 0 Å². The Kier molecular flexibility index (Phi) is 3.74. The van der Waals surface area contributed by atoms with Crippen LogP contribution in [0.4, 0.5) is 0 Å². The lowest BCUT2D eigenvalue weighted by atomic mass is 9.99. The average molecular weight is 185 g/mol. The van der Waals surface area contributed by atoms with Crippen molar-refractivity contribution in [2.24, 2.45) is 5.92 Å². The third-order valence-corrected chi connectivity index (χ3v) is 2.96. The molecule has 0 radical (unpaired) electrons. The van der Waals surface area contributed by atoms with Crippen molar-refractivity contribution in [1.82, 2.24) is 5.32 Å². The van der Waals surface area contributed by atoms with E-state index in [1.54, 1.807) is 0 Å². The molecule has 0 heterocycles. The van der Waals surface area contributed by atoms with Gasteiger partial charge in [0.25, 0.3) is 0 Å². The maximum atomic E-state index is 9.55. The highest BCUT2D eigenvalue weighted by Gasteiger charge is 2.22. The van der Waals surface area contributed by atoms with Gasteiger partial charge < -0.3 is 10.4 Å². The summed E-state index contributed by atoms with van der Waals surface area (Å²) in [6.45, 7) is 6.63. The second-order valence-corrected chi connectivity index (χ2v) is 5.03. The van der Waals surface area contributed by atoms with E-state index < -0.39 is 5.60 Å². The van der Waals surface area contributed by atoms with Gasteiger partial charge in [0.05, 0.1) is 5.60 Å². The second-order valence-electron chi connectivity index (χ2n) is 5.03. The molecule has 1 aliphatic carbocycles. The normalized spacial score (nSPS) is 22.2. The standard InChI is InChI=1S/C11H23NO/c1-9(10-6-4-5-7-10)12-8-11(2,3)13/h9-10,12-13H,4-8H2,1-3H3/t9-/m0/s1. The smallest absolute Gasteiger partial charge is 0.0715 e. The molecule has 0 amide bonds. The summed E-state index contributed by atoms with van der Waals surface area (Å²) in [5.74, 6) is 0.836. The molecule has 2 nitrogen and oxygen atoms in total. The molecular weight excluding hydrogens is 162 g/mol. The molecule has 1 fully saturated rings. The van der Waals surface area contributed by atoms with Crippen LogP contribution in [0.1, 0.15) is 46.5 Å². The Balaban J connectivity index is 2.20. The number of nitrogens with one attached hydrogen (secondary N) is 1. The molecule has 0 bridgehead atoms. The van der Waals surface area contributed by atoms with Gasteiger partial charge in [-0.15, -0.1) is 0 Å². The van der Waals surface area contributed by atoms with Crippen LogP contribution < -0.4 is 5.32 Å². The summed E-state index contributed by atoms with van der Waals surface area (Å²) >= 11 is 0. The zero-order chi connectivity index (χ0) is 9.90. The zero-order valence-electron chi connectivity index (χ0n) is 9.14. The number of hydrogen-bond donors (Lipinski definition) is 2. The fraction of sp³-hybridized carbons (Fsp3) is 1.00. The van der Waals surface area contributed by atoms with Crippen molar-refractivity contribution in [2.75, 3.05) is 6.54 Å². The first-order valence-corrected chi connectivity index (χ1v) is 5.45. The van der Waals surface area contributed by atoms with E-state index in [0.717, 1.165) is 5.92 Å². The van der Waals surface area contributed by atoms with Crippen LogP contribution in [0, 0.1) is 5.92 Å². The Morgan fingerprint density at radius 1 is 1.38 bits per heavy atom. The van der Waals surface area contributed by atoms with Crippen LogP contribution >= 0.6 is 0 Å². The molecule has 0 unspecified atom stereocenters. The molecule has 0 spiro atoms. The van der Waals surface area contributed by atoms with Crippen LogP contribution in [0.2, 0.25) is 0 Å². The second kappa shape index (κ2) is 4.43. The van der Waals surface area contributed by atoms with Gasteiger partial charge in [-0.1, -0.05) is 12.8 Å². The molecule has 1 atom stereocenters. The van der Waals surface area contributed by atoms with E-state index >= 15 is 0 Å². The summed E-state index contributed by atoms with van der Waals surface area (Å²) in [7, 11) is 0. The lowest BCUT2D eigenvalue weighted by Crippen LogP contribution is -2.42. The van der Waals surface area contributed by atoms with E-state index in [1.165, 1.54) is 25.7 Å². The van der Waals surface area contributed by atoms with Crippen LogP contribution in [0.15, 0.2) is 0 Å². The highest BCUT2D eigenvalue weighted by Crippen LogP contribution is 2.27. The molecule has 0 aromatic heterocycles. The first-order valence-electron chi connectivity index (χ1n) is 5.45. The van der Waals surface area contributed by atoms with Crippen molar-refractivity contribution < 1.29 is 5.11 Å². The lowest BCUT2D eigenvalue weighted by Gasteiger charge is -2.25. The molecule has 0 saturated heterocycles. The first-order chi connectivity index (χ1) is 5.99. The SMILES string of the molecule is C[C@H](NCC(C)(C)O)C1CCCC1. The predicted molar refractivity (Wildman–Crippen MR) is 55.7 cm³/mol. The van der Waals surface area contributed by atoms with E-state index in [2.05, 4.69) is 12.2 Å². The maximum absolute atomic E-state index is 9.55. The molecule has 0 aromatic carbocycles. The molecule has 2 heteroatoms. The molecule has 0 aliphatic heterocycles. The van der Waals surface area contributed by atoms with Gasteiger partial charge in [-0.3, -0.25) is 0 Å². The minimum Gasteiger partial charge on any atom is -0.389 e. The molecule has 13 heavy (non-hydrogen) atoms. The fourth-order valence-corrected chi connectivity index (χ4v) is 2.03. The summed E-state index contributed by atoms with van der Waals surface area (Å²) in [4.78, 5) is 0. The number of hydrogen-bond acceptors (Lipinski definition) is 2. The maximum Gasteiger partial charge on any atom is 0.0715 e. The van der Waals surface area contributed by atoms with Gasteiger partial charge in [-0.05, 0) is 39.5 Å².